The second kappa shape index (κ2) is 6.16. The zero-order chi connectivity index (χ0) is 13.0. The molecule has 2 atom stereocenters. The van der Waals surface area contributed by atoms with E-state index >= 15 is 0 Å². The maximum Gasteiger partial charge on any atom is 0.338 e. The summed E-state index contributed by atoms with van der Waals surface area (Å²) in [6.45, 7) is 1.68. The van der Waals surface area contributed by atoms with Crippen LogP contribution in [0.1, 0.15) is 18.6 Å². The van der Waals surface area contributed by atoms with Gasteiger partial charge < -0.3 is 14.9 Å². The van der Waals surface area contributed by atoms with Gasteiger partial charge in [-0.25, -0.2) is 4.79 Å². The molecule has 1 aromatic heterocycles. The molecule has 0 saturated carbocycles. The summed E-state index contributed by atoms with van der Waals surface area (Å²) in [6, 6.07) is 0. The molecule has 0 radical (unpaired) electrons. The zero-order valence-corrected chi connectivity index (χ0v) is 10.4. The summed E-state index contributed by atoms with van der Waals surface area (Å²) in [6.07, 6.45) is -0.794. The summed E-state index contributed by atoms with van der Waals surface area (Å²) in [4.78, 5) is 14.9. The topological polar surface area (TPSA) is 79.7 Å². The first-order chi connectivity index (χ1) is 7.99. The first kappa shape index (κ1) is 14.2. The lowest BCUT2D eigenvalue weighted by molar-refractivity contribution is -0.159. The van der Waals surface area contributed by atoms with Gasteiger partial charge >= 0.3 is 5.97 Å². The molecule has 0 spiro atoms. The number of nitrogens with zero attached hydrogens (tertiary/aromatic N) is 1. The van der Waals surface area contributed by atoms with Gasteiger partial charge in [-0.05, 0) is 6.92 Å². The molecule has 5 nitrogen and oxygen atoms in total. The minimum Gasteiger partial charge on any atom is -0.464 e. The highest BCUT2D eigenvalue weighted by Gasteiger charge is 2.30. The maximum atomic E-state index is 11.2. The van der Waals surface area contributed by atoms with E-state index in [9.17, 15) is 15.0 Å². The van der Waals surface area contributed by atoms with Crippen LogP contribution in [0.2, 0.25) is 10.0 Å². The number of hydrogen-bond acceptors (Lipinski definition) is 5. The van der Waals surface area contributed by atoms with Crippen molar-refractivity contribution in [1.82, 2.24) is 4.98 Å². The highest BCUT2D eigenvalue weighted by molar-refractivity contribution is 6.35. The molecule has 0 fully saturated rings. The molecule has 17 heavy (non-hydrogen) atoms. The number of aromatic nitrogens is 1. The highest BCUT2D eigenvalue weighted by atomic mass is 35.5. The Morgan fingerprint density at radius 2 is 1.94 bits per heavy atom. The number of carbonyl (C=O) groups is 1. The van der Waals surface area contributed by atoms with E-state index in [-0.39, 0.29) is 22.2 Å². The molecule has 1 heterocycles. The third-order valence-electron chi connectivity index (χ3n) is 2.01. The maximum absolute atomic E-state index is 11.2. The van der Waals surface area contributed by atoms with Crippen LogP contribution in [0, 0.1) is 0 Å². The number of halogens is 2. The van der Waals surface area contributed by atoms with E-state index in [1.54, 1.807) is 6.92 Å². The standard InChI is InChI=1S/C10H11Cl2NO4/c1-2-17-10(16)9(15)8(14)7-5(11)3-13-4-6(7)12/h3-4,8-9,14-15H,2H2,1H3. The number of ether oxygens (including phenoxy) is 1. The quantitative estimate of drug-likeness (QED) is 0.814. The summed E-state index contributed by atoms with van der Waals surface area (Å²) < 4.78 is 4.58. The summed E-state index contributed by atoms with van der Waals surface area (Å²) >= 11 is 11.6. The zero-order valence-electron chi connectivity index (χ0n) is 8.93. The van der Waals surface area contributed by atoms with Crippen molar-refractivity contribution in [2.24, 2.45) is 0 Å². The van der Waals surface area contributed by atoms with E-state index in [0.29, 0.717) is 0 Å². The Balaban J connectivity index is 2.96. The van der Waals surface area contributed by atoms with Gasteiger partial charge in [-0.3, -0.25) is 4.98 Å². The van der Waals surface area contributed by atoms with Crippen LogP contribution < -0.4 is 0 Å². The second-order valence-corrected chi connectivity index (χ2v) is 3.97. The average Bonchev–Trinajstić information content (AvgIpc) is 2.27. The van der Waals surface area contributed by atoms with Crippen LogP contribution in [0.5, 0.6) is 0 Å². The molecule has 0 aliphatic heterocycles. The molecular weight excluding hydrogens is 269 g/mol. The monoisotopic (exact) mass is 279 g/mol. The molecule has 0 aromatic carbocycles. The molecule has 1 aromatic rings. The number of pyridine rings is 1. The number of rotatable bonds is 4. The van der Waals surface area contributed by atoms with Gasteiger partial charge in [-0.2, -0.15) is 0 Å². The molecule has 94 valence electrons. The Bertz CT molecular complexity index is 393. The van der Waals surface area contributed by atoms with Gasteiger partial charge in [0.2, 0.25) is 0 Å². The fourth-order valence-corrected chi connectivity index (χ4v) is 1.81. The fourth-order valence-electron chi connectivity index (χ4n) is 1.22. The van der Waals surface area contributed by atoms with E-state index in [1.165, 1.54) is 12.4 Å². The molecule has 2 unspecified atom stereocenters. The van der Waals surface area contributed by atoms with Crippen molar-refractivity contribution in [2.45, 2.75) is 19.1 Å². The van der Waals surface area contributed by atoms with E-state index in [2.05, 4.69) is 9.72 Å². The predicted molar refractivity (Wildman–Crippen MR) is 61.9 cm³/mol. The van der Waals surface area contributed by atoms with E-state index in [1.807, 2.05) is 0 Å². The molecule has 0 amide bonds. The number of hydrogen-bond donors (Lipinski definition) is 2. The summed E-state index contributed by atoms with van der Waals surface area (Å²) in [5.74, 6) is -0.941. The summed E-state index contributed by atoms with van der Waals surface area (Å²) in [5.41, 5.74) is 0.0453. The number of carbonyl (C=O) groups excluding carboxylic acids is 1. The Labute approximate surface area is 108 Å². The van der Waals surface area contributed by atoms with Gasteiger partial charge in [0.25, 0.3) is 0 Å². The van der Waals surface area contributed by atoms with Crippen molar-refractivity contribution in [1.29, 1.82) is 0 Å². The van der Waals surface area contributed by atoms with Crippen LogP contribution in [-0.4, -0.2) is 33.9 Å². The smallest absolute Gasteiger partial charge is 0.338 e. The van der Waals surface area contributed by atoms with Gasteiger partial charge in [-0.1, -0.05) is 23.2 Å². The Kier molecular flexibility index (Phi) is 5.14. The molecular formula is C10H11Cl2NO4. The van der Waals surface area contributed by atoms with Crippen LogP contribution >= 0.6 is 23.2 Å². The largest absolute Gasteiger partial charge is 0.464 e. The Morgan fingerprint density at radius 3 is 2.41 bits per heavy atom. The van der Waals surface area contributed by atoms with Gasteiger partial charge in [0.05, 0.1) is 16.7 Å². The summed E-state index contributed by atoms with van der Waals surface area (Å²) in [5, 5.41) is 19.5. The lowest BCUT2D eigenvalue weighted by atomic mass is 10.1. The highest BCUT2D eigenvalue weighted by Crippen LogP contribution is 2.31. The molecule has 0 saturated heterocycles. The molecule has 0 aliphatic carbocycles. The van der Waals surface area contributed by atoms with Crippen molar-refractivity contribution in [3.63, 3.8) is 0 Å². The van der Waals surface area contributed by atoms with Crippen molar-refractivity contribution >= 4 is 29.2 Å². The Morgan fingerprint density at radius 1 is 1.41 bits per heavy atom. The van der Waals surface area contributed by atoms with Crippen LogP contribution in [0.4, 0.5) is 0 Å². The molecule has 7 heteroatoms. The van der Waals surface area contributed by atoms with E-state index in [4.69, 9.17) is 23.2 Å². The Hall–Kier alpha value is -0.880. The predicted octanol–water partition coefficient (Wildman–Crippen LogP) is 1.35. The molecule has 0 bridgehead atoms. The van der Waals surface area contributed by atoms with Crippen molar-refractivity contribution in [3.8, 4) is 0 Å². The van der Waals surface area contributed by atoms with Crippen molar-refractivity contribution in [2.75, 3.05) is 6.61 Å². The lowest BCUT2D eigenvalue weighted by Crippen LogP contribution is -2.30. The number of aliphatic hydroxyl groups is 2. The van der Waals surface area contributed by atoms with Crippen molar-refractivity contribution < 1.29 is 19.7 Å². The van der Waals surface area contributed by atoms with Crippen LogP contribution in [0.25, 0.3) is 0 Å². The van der Waals surface area contributed by atoms with Gasteiger partial charge in [0.15, 0.2) is 6.10 Å². The van der Waals surface area contributed by atoms with E-state index in [0.717, 1.165) is 0 Å². The third kappa shape index (κ3) is 3.29. The molecule has 2 N–H and O–H groups in total. The first-order valence-corrected chi connectivity index (χ1v) is 5.56. The normalized spacial score (nSPS) is 14.2. The minimum atomic E-state index is -1.74. The summed E-state index contributed by atoms with van der Waals surface area (Å²) in [7, 11) is 0. The van der Waals surface area contributed by atoms with E-state index < -0.39 is 18.2 Å². The third-order valence-corrected chi connectivity index (χ3v) is 2.62. The number of esters is 1. The average molecular weight is 280 g/mol. The molecule has 1 rings (SSSR count). The van der Waals surface area contributed by atoms with Crippen LogP contribution in [0.3, 0.4) is 0 Å². The number of aliphatic hydroxyl groups excluding tert-OH is 2. The van der Waals surface area contributed by atoms with Crippen LogP contribution in [0.15, 0.2) is 12.4 Å². The van der Waals surface area contributed by atoms with Gasteiger partial charge in [0, 0.05) is 18.0 Å². The second-order valence-electron chi connectivity index (χ2n) is 3.16. The fraction of sp³-hybridized carbons (Fsp3) is 0.400. The SMILES string of the molecule is CCOC(=O)C(O)C(O)c1c(Cl)cncc1Cl. The van der Waals surface area contributed by atoms with Gasteiger partial charge in [-0.15, -0.1) is 0 Å². The van der Waals surface area contributed by atoms with Crippen LogP contribution in [-0.2, 0) is 9.53 Å². The van der Waals surface area contributed by atoms with Crippen molar-refractivity contribution in [3.05, 3.63) is 28.0 Å². The minimum absolute atomic E-state index is 0.0453. The lowest BCUT2D eigenvalue weighted by Gasteiger charge is -2.18. The first-order valence-electron chi connectivity index (χ1n) is 4.80. The molecule has 0 aliphatic rings. The van der Waals surface area contributed by atoms with Gasteiger partial charge in [0.1, 0.15) is 6.10 Å².